The lowest BCUT2D eigenvalue weighted by atomic mass is 10.1. The topological polar surface area (TPSA) is 19.9 Å². The molecule has 1 saturated carbocycles. The molecule has 1 radical (unpaired) electrons. The summed E-state index contributed by atoms with van der Waals surface area (Å²) in [6.45, 7) is 0. The second kappa shape index (κ2) is 1.35. The molecule has 2 aliphatic rings. The van der Waals surface area contributed by atoms with E-state index in [1.54, 1.807) is 0 Å². The van der Waals surface area contributed by atoms with E-state index in [9.17, 15) is 5.11 Å². The third-order valence-corrected chi connectivity index (χ3v) is 2.22. The molecule has 3 atom stereocenters. The van der Waals surface area contributed by atoms with Gasteiger partial charge in [0.2, 0.25) is 0 Å². The Bertz CT molecular complexity index is 128. The Kier molecular flexibility index (Phi) is 0.770. The van der Waals surface area contributed by atoms with Crippen LogP contribution in [0.2, 0.25) is 0 Å². The van der Waals surface area contributed by atoms with Crippen molar-refractivity contribution >= 4 is 0 Å². The average Bonchev–Trinajstić information content (AvgIpc) is 2.23. The van der Waals surface area contributed by atoms with E-state index in [1.165, 1.54) is 0 Å². The Hall–Kier alpha value is -0.300. The fourth-order valence-corrected chi connectivity index (χ4v) is 1.73. The van der Waals surface area contributed by atoms with Crippen LogP contribution in [-0.2, 0) is 5.11 Å². The summed E-state index contributed by atoms with van der Waals surface area (Å²) in [5.74, 6) is 1.06. The molecule has 0 amide bonds. The van der Waals surface area contributed by atoms with Crippen molar-refractivity contribution in [1.29, 1.82) is 0 Å². The van der Waals surface area contributed by atoms with Gasteiger partial charge in [0.1, 0.15) is 0 Å². The summed E-state index contributed by atoms with van der Waals surface area (Å²) in [5, 5.41) is 10.9. The van der Waals surface area contributed by atoms with Crippen LogP contribution in [0.3, 0.4) is 0 Å². The number of hydrogen-bond donors (Lipinski definition) is 0. The molecule has 0 aromatic rings. The molecule has 0 saturated heterocycles. The molecule has 3 unspecified atom stereocenters. The van der Waals surface area contributed by atoms with Gasteiger partial charge in [-0.1, -0.05) is 12.2 Å². The minimum absolute atomic E-state index is 0.259. The fourth-order valence-electron chi connectivity index (χ4n) is 1.73. The van der Waals surface area contributed by atoms with Gasteiger partial charge in [0.15, 0.2) is 0 Å². The molecule has 1 nitrogen and oxygen atoms in total. The molecular weight excluding hydrogens is 100 g/mol. The van der Waals surface area contributed by atoms with Crippen LogP contribution in [0.5, 0.6) is 0 Å². The van der Waals surface area contributed by atoms with Crippen LogP contribution < -0.4 is 0 Å². The summed E-state index contributed by atoms with van der Waals surface area (Å²) >= 11 is 0. The smallest absolute Gasteiger partial charge is 0.0998 e. The Morgan fingerprint density at radius 2 is 2.12 bits per heavy atom. The largest absolute Gasteiger partial charge is 0.232 e. The van der Waals surface area contributed by atoms with Gasteiger partial charge in [0, 0.05) is 5.92 Å². The summed E-state index contributed by atoms with van der Waals surface area (Å²) in [6.07, 6.45) is 6.07. The first-order valence-corrected chi connectivity index (χ1v) is 3.20. The van der Waals surface area contributed by atoms with Crippen molar-refractivity contribution in [3.05, 3.63) is 12.2 Å². The van der Waals surface area contributed by atoms with Crippen molar-refractivity contribution in [2.45, 2.75) is 18.9 Å². The number of allylic oxidation sites excluding steroid dienone is 1. The average molecular weight is 109 g/mol. The van der Waals surface area contributed by atoms with Crippen LogP contribution in [0.4, 0.5) is 0 Å². The highest BCUT2D eigenvalue weighted by molar-refractivity contribution is 5.10. The van der Waals surface area contributed by atoms with Crippen molar-refractivity contribution in [3.8, 4) is 0 Å². The highest BCUT2D eigenvalue weighted by Gasteiger charge is 2.35. The highest BCUT2D eigenvalue weighted by Crippen LogP contribution is 2.38. The van der Waals surface area contributed by atoms with Crippen LogP contribution in [0.25, 0.3) is 0 Å². The molecule has 0 aromatic heterocycles. The number of fused-ring (bicyclic) bond motifs is 2. The molecule has 0 aliphatic heterocycles. The zero-order chi connectivity index (χ0) is 5.56. The molecule has 1 fully saturated rings. The minimum atomic E-state index is -0.259. The molecule has 0 spiro atoms. The quantitative estimate of drug-likeness (QED) is 0.419. The highest BCUT2D eigenvalue weighted by atomic mass is 16.3. The van der Waals surface area contributed by atoms with Crippen LogP contribution >= 0.6 is 0 Å². The summed E-state index contributed by atoms with van der Waals surface area (Å²) in [4.78, 5) is 0. The van der Waals surface area contributed by atoms with E-state index in [0.717, 1.165) is 12.8 Å². The van der Waals surface area contributed by atoms with Gasteiger partial charge in [-0.15, -0.1) is 0 Å². The van der Waals surface area contributed by atoms with Gasteiger partial charge in [0.25, 0.3) is 0 Å². The number of hydrogen-bond acceptors (Lipinski definition) is 0. The van der Waals surface area contributed by atoms with Gasteiger partial charge >= 0.3 is 0 Å². The van der Waals surface area contributed by atoms with E-state index in [2.05, 4.69) is 12.2 Å². The first-order valence-electron chi connectivity index (χ1n) is 3.20. The third-order valence-electron chi connectivity index (χ3n) is 2.22. The van der Waals surface area contributed by atoms with E-state index in [1.807, 2.05) is 0 Å². The molecule has 8 heavy (non-hydrogen) atoms. The summed E-state index contributed by atoms with van der Waals surface area (Å²) in [7, 11) is 0. The zero-order valence-electron chi connectivity index (χ0n) is 4.71. The normalized spacial score (nSPS) is 50.9. The van der Waals surface area contributed by atoms with Crippen molar-refractivity contribution < 1.29 is 5.11 Å². The molecule has 0 aromatic carbocycles. The van der Waals surface area contributed by atoms with Gasteiger partial charge in [-0.05, 0) is 18.8 Å². The lowest BCUT2D eigenvalue weighted by molar-refractivity contribution is 0.0677. The van der Waals surface area contributed by atoms with Crippen LogP contribution in [-0.4, -0.2) is 6.10 Å². The Morgan fingerprint density at radius 1 is 1.25 bits per heavy atom. The first kappa shape index (κ1) is 4.57. The van der Waals surface area contributed by atoms with Gasteiger partial charge in [-0.3, -0.25) is 0 Å². The molecule has 0 heterocycles. The monoisotopic (exact) mass is 109 g/mol. The summed E-state index contributed by atoms with van der Waals surface area (Å²) in [5.41, 5.74) is 0. The second-order valence-corrected chi connectivity index (χ2v) is 2.82. The first-order chi connectivity index (χ1) is 3.86. The Balaban J connectivity index is 2.23. The number of rotatable bonds is 0. The molecule has 0 N–H and O–H groups in total. The van der Waals surface area contributed by atoms with E-state index >= 15 is 0 Å². The second-order valence-electron chi connectivity index (χ2n) is 2.82. The van der Waals surface area contributed by atoms with Crippen LogP contribution in [0, 0.1) is 11.8 Å². The van der Waals surface area contributed by atoms with Gasteiger partial charge in [0.05, 0.1) is 6.10 Å². The lowest BCUT2D eigenvalue weighted by Crippen LogP contribution is -2.09. The van der Waals surface area contributed by atoms with Crippen LogP contribution in [0.15, 0.2) is 12.2 Å². The minimum Gasteiger partial charge on any atom is -0.232 e. The van der Waals surface area contributed by atoms with Gasteiger partial charge < -0.3 is 0 Å². The van der Waals surface area contributed by atoms with Crippen molar-refractivity contribution in [1.82, 2.24) is 0 Å². The summed E-state index contributed by atoms with van der Waals surface area (Å²) < 4.78 is 0. The van der Waals surface area contributed by atoms with Gasteiger partial charge in [-0.2, -0.15) is 0 Å². The molecule has 1 heteroatoms. The van der Waals surface area contributed by atoms with E-state index in [-0.39, 0.29) is 6.10 Å². The molecule has 2 rings (SSSR count). The summed E-state index contributed by atoms with van der Waals surface area (Å²) in [6, 6.07) is 0. The van der Waals surface area contributed by atoms with E-state index in [4.69, 9.17) is 0 Å². The molecule has 43 valence electrons. The maximum Gasteiger partial charge on any atom is 0.0998 e. The lowest BCUT2D eigenvalue weighted by Gasteiger charge is -2.06. The SMILES string of the molecule is [O]C1CC2C=CC1C2. The van der Waals surface area contributed by atoms with Crippen molar-refractivity contribution in [2.75, 3.05) is 0 Å². The molecule has 2 bridgehead atoms. The Morgan fingerprint density at radius 3 is 2.38 bits per heavy atom. The van der Waals surface area contributed by atoms with E-state index < -0.39 is 0 Å². The Labute approximate surface area is 49.0 Å². The van der Waals surface area contributed by atoms with Gasteiger partial charge in [-0.25, -0.2) is 5.11 Å². The molecule has 2 aliphatic carbocycles. The predicted molar refractivity (Wildman–Crippen MR) is 29.8 cm³/mol. The van der Waals surface area contributed by atoms with Crippen molar-refractivity contribution in [3.63, 3.8) is 0 Å². The standard InChI is InChI=1S/C7H9O/c8-7-4-5-1-2-6(7)3-5/h1-2,5-7H,3-4H2. The van der Waals surface area contributed by atoms with E-state index in [0.29, 0.717) is 11.8 Å². The zero-order valence-corrected chi connectivity index (χ0v) is 4.71. The maximum absolute atomic E-state index is 10.9. The van der Waals surface area contributed by atoms with Crippen LogP contribution in [0.1, 0.15) is 12.8 Å². The maximum atomic E-state index is 10.9. The third kappa shape index (κ3) is 0.451. The molecular formula is C7H9O. The van der Waals surface area contributed by atoms with Crippen molar-refractivity contribution in [2.24, 2.45) is 11.8 Å². The fraction of sp³-hybridized carbons (Fsp3) is 0.714. The predicted octanol–water partition coefficient (Wildman–Crippen LogP) is 1.38.